The average Bonchev–Trinajstić information content (AvgIpc) is 2.73. The molecule has 2 unspecified atom stereocenters. The number of unbranched alkanes of at least 4 members (excludes halogenated alkanes) is 11. The zero-order valence-electron chi connectivity index (χ0n) is 19.7. The fourth-order valence-corrected chi connectivity index (χ4v) is 3.35. The van der Waals surface area contributed by atoms with Gasteiger partial charge >= 0.3 is 10.4 Å². The lowest BCUT2D eigenvalue weighted by Crippen LogP contribution is -2.33. The van der Waals surface area contributed by atoms with Crippen molar-refractivity contribution in [2.24, 2.45) is 11.7 Å². The van der Waals surface area contributed by atoms with E-state index in [1.165, 1.54) is 89.9 Å². The topological polar surface area (TPSA) is 110 Å². The van der Waals surface area contributed by atoms with Gasteiger partial charge in [0.05, 0.1) is 13.7 Å². The maximum atomic E-state index is 9.33. The zero-order valence-corrected chi connectivity index (χ0v) is 20.5. The van der Waals surface area contributed by atoms with Crippen LogP contribution in [0.1, 0.15) is 110 Å². The first-order valence-corrected chi connectivity index (χ1v) is 13.2. The van der Waals surface area contributed by atoms with Crippen LogP contribution in [0.15, 0.2) is 12.2 Å². The predicted molar refractivity (Wildman–Crippen MR) is 127 cm³/mol. The number of hydrogen-bond donors (Lipinski definition) is 3. The Balaban J connectivity index is 0. The molecule has 4 N–H and O–H groups in total. The summed E-state index contributed by atoms with van der Waals surface area (Å²) in [6, 6.07) is -0.0215. The highest BCUT2D eigenvalue weighted by Crippen LogP contribution is 2.17. The van der Waals surface area contributed by atoms with Crippen molar-refractivity contribution in [3.05, 3.63) is 12.2 Å². The largest absolute Gasteiger partial charge is 0.397 e. The molecule has 0 aliphatic rings. The molecule has 0 amide bonds. The molecular formula is C23H49NO5S. The quantitative estimate of drug-likeness (QED) is 0.130. The summed E-state index contributed by atoms with van der Waals surface area (Å²) in [5, 5.41) is 9.13. The van der Waals surface area contributed by atoms with Crippen molar-refractivity contribution < 1.29 is 22.3 Å². The highest BCUT2D eigenvalue weighted by molar-refractivity contribution is 7.80. The molecule has 0 aliphatic heterocycles. The molecule has 0 radical (unpaired) electrons. The van der Waals surface area contributed by atoms with Crippen LogP contribution in [-0.2, 0) is 14.6 Å². The molecule has 0 saturated heterocycles. The van der Waals surface area contributed by atoms with Gasteiger partial charge in [0.25, 0.3) is 0 Å². The summed E-state index contributed by atoms with van der Waals surface area (Å²) < 4.78 is 29.7. The molecule has 0 rings (SSSR count). The normalized spacial score (nSPS) is 13.8. The second-order valence-electron chi connectivity index (χ2n) is 7.98. The lowest BCUT2D eigenvalue weighted by atomic mass is 9.91. The number of aliphatic hydroxyl groups excluding tert-OH is 1. The maximum Gasteiger partial charge on any atom is 0.397 e. The smallest absolute Gasteiger partial charge is 0.395 e. The molecule has 182 valence electrons. The van der Waals surface area contributed by atoms with Crippen molar-refractivity contribution in [1.29, 1.82) is 0 Å². The van der Waals surface area contributed by atoms with Crippen LogP contribution < -0.4 is 5.73 Å². The lowest BCUT2D eigenvalue weighted by molar-refractivity contribution is 0.215. The third-order valence-corrected chi connectivity index (χ3v) is 5.81. The minimum Gasteiger partial charge on any atom is -0.395 e. The van der Waals surface area contributed by atoms with Gasteiger partial charge in [0, 0.05) is 6.04 Å². The van der Waals surface area contributed by atoms with Crippen LogP contribution in [0.4, 0.5) is 0 Å². The van der Waals surface area contributed by atoms with E-state index in [1.54, 1.807) is 0 Å². The third-order valence-electron chi connectivity index (χ3n) is 5.39. The van der Waals surface area contributed by atoms with Crippen LogP contribution >= 0.6 is 0 Å². The van der Waals surface area contributed by atoms with Gasteiger partial charge in [-0.2, -0.15) is 8.42 Å². The Labute approximate surface area is 186 Å². The van der Waals surface area contributed by atoms with Gasteiger partial charge in [0.15, 0.2) is 0 Å². The fraction of sp³-hybridized carbons (Fsp3) is 0.913. The van der Waals surface area contributed by atoms with E-state index in [-0.39, 0.29) is 12.6 Å². The van der Waals surface area contributed by atoms with Gasteiger partial charge < -0.3 is 10.8 Å². The first-order chi connectivity index (χ1) is 14.3. The molecular weight excluding hydrogens is 402 g/mol. The van der Waals surface area contributed by atoms with Crippen LogP contribution in [0, 0.1) is 5.92 Å². The number of nitrogens with two attached hydrogens (primary N) is 1. The van der Waals surface area contributed by atoms with Crippen molar-refractivity contribution in [2.45, 2.75) is 116 Å². The Morgan fingerprint density at radius 3 is 1.70 bits per heavy atom. The number of hydrogen-bond acceptors (Lipinski definition) is 5. The van der Waals surface area contributed by atoms with Crippen LogP contribution in [-0.4, -0.2) is 37.8 Å². The average molecular weight is 452 g/mol. The van der Waals surface area contributed by atoms with Gasteiger partial charge in [0.1, 0.15) is 0 Å². The molecule has 7 heteroatoms. The Morgan fingerprint density at radius 2 is 1.30 bits per heavy atom. The predicted octanol–water partition coefficient (Wildman–Crippen LogP) is 5.81. The van der Waals surface area contributed by atoms with E-state index in [1.807, 2.05) is 0 Å². The molecule has 0 bridgehead atoms. The molecule has 0 aromatic rings. The Morgan fingerprint density at radius 1 is 0.867 bits per heavy atom. The van der Waals surface area contributed by atoms with Crippen molar-refractivity contribution in [1.82, 2.24) is 0 Å². The standard InChI is InChI=1S/C22H45NO.CH4O4S/c1-3-5-6-7-8-9-10-11-12-13-14-15-16-17-18-19-21(4-2)22(23)20-24;1-5-6(2,3)4/h11-12,21-22,24H,3-10,13-20,23H2,1-2H3;1H3,(H,2,3,4)/b12-11-;. The zero-order chi connectivity index (χ0) is 23.1. The number of allylic oxidation sites excluding steroid dienone is 2. The summed E-state index contributed by atoms with van der Waals surface area (Å²) in [5.74, 6) is 0.500. The number of rotatable bonds is 19. The van der Waals surface area contributed by atoms with E-state index in [0.717, 1.165) is 13.5 Å². The maximum absolute atomic E-state index is 9.33. The second-order valence-corrected chi connectivity index (χ2v) is 9.17. The van der Waals surface area contributed by atoms with E-state index >= 15 is 0 Å². The Bertz CT molecular complexity index is 468. The van der Waals surface area contributed by atoms with Gasteiger partial charge in [0.2, 0.25) is 0 Å². The molecule has 0 aliphatic carbocycles. The molecule has 0 aromatic heterocycles. The van der Waals surface area contributed by atoms with Crippen LogP contribution in [0.5, 0.6) is 0 Å². The van der Waals surface area contributed by atoms with E-state index in [9.17, 15) is 8.42 Å². The van der Waals surface area contributed by atoms with Gasteiger partial charge in [-0.1, -0.05) is 90.2 Å². The minimum atomic E-state index is -4.16. The van der Waals surface area contributed by atoms with Crippen LogP contribution in [0.25, 0.3) is 0 Å². The minimum absolute atomic E-state index is 0.0215. The van der Waals surface area contributed by atoms with Crippen LogP contribution in [0.2, 0.25) is 0 Å². The number of aliphatic hydroxyl groups is 1. The highest BCUT2D eigenvalue weighted by Gasteiger charge is 2.14. The molecule has 2 atom stereocenters. The van der Waals surface area contributed by atoms with Crippen LogP contribution in [0.3, 0.4) is 0 Å². The van der Waals surface area contributed by atoms with Crippen molar-refractivity contribution in [3.63, 3.8) is 0 Å². The first-order valence-electron chi connectivity index (χ1n) is 11.9. The summed E-state index contributed by atoms with van der Waals surface area (Å²) >= 11 is 0. The monoisotopic (exact) mass is 451 g/mol. The summed E-state index contributed by atoms with van der Waals surface area (Å²) in [6.45, 7) is 4.58. The second kappa shape index (κ2) is 23.2. The van der Waals surface area contributed by atoms with E-state index < -0.39 is 10.4 Å². The molecule has 30 heavy (non-hydrogen) atoms. The Hall–Kier alpha value is -0.470. The van der Waals surface area contributed by atoms with Crippen molar-refractivity contribution in [3.8, 4) is 0 Å². The van der Waals surface area contributed by atoms with Crippen molar-refractivity contribution in [2.75, 3.05) is 13.7 Å². The van der Waals surface area contributed by atoms with Gasteiger partial charge in [-0.15, -0.1) is 0 Å². The van der Waals surface area contributed by atoms with Gasteiger partial charge in [-0.3, -0.25) is 8.74 Å². The summed E-state index contributed by atoms with van der Waals surface area (Å²) in [5.41, 5.74) is 5.93. The van der Waals surface area contributed by atoms with Crippen molar-refractivity contribution >= 4 is 10.4 Å². The summed E-state index contributed by atoms with van der Waals surface area (Å²) in [6.07, 6.45) is 24.5. The molecule has 0 saturated carbocycles. The summed E-state index contributed by atoms with van der Waals surface area (Å²) in [4.78, 5) is 0. The first kappa shape index (κ1) is 31.7. The lowest BCUT2D eigenvalue weighted by Gasteiger charge is -2.20. The summed E-state index contributed by atoms with van der Waals surface area (Å²) in [7, 11) is -3.29. The SMILES string of the molecule is CCCCCCCC/C=C\CCCCCCCC(CC)C(N)CO.COS(=O)(=O)O. The highest BCUT2D eigenvalue weighted by atomic mass is 32.3. The molecule has 0 fully saturated rings. The fourth-order valence-electron chi connectivity index (χ4n) is 3.35. The third kappa shape index (κ3) is 25.6. The van der Waals surface area contributed by atoms with E-state index in [4.69, 9.17) is 15.4 Å². The van der Waals surface area contributed by atoms with E-state index in [2.05, 4.69) is 30.2 Å². The van der Waals surface area contributed by atoms with Gasteiger partial charge in [-0.25, -0.2) is 0 Å². The van der Waals surface area contributed by atoms with E-state index in [0.29, 0.717) is 5.92 Å². The molecule has 0 heterocycles. The Kier molecular flexibility index (Phi) is 24.5. The molecule has 0 spiro atoms. The molecule has 6 nitrogen and oxygen atoms in total. The molecule has 0 aromatic carbocycles. The van der Waals surface area contributed by atoms with Gasteiger partial charge in [-0.05, 0) is 38.0 Å².